The molecule has 114 valence electrons. The highest BCUT2D eigenvalue weighted by Crippen LogP contribution is 2.25. The number of nitrogens with zero attached hydrogens (tertiary/aromatic N) is 1. The number of hydrogen-bond acceptors (Lipinski definition) is 4. The zero-order valence-corrected chi connectivity index (χ0v) is 14.5. The van der Waals surface area contributed by atoms with E-state index in [1.54, 1.807) is 0 Å². The molecule has 1 aromatic rings. The summed E-state index contributed by atoms with van der Waals surface area (Å²) in [5.74, 6) is 0. The fourth-order valence-corrected chi connectivity index (χ4v) is 3.79. The molecule has 0 amide bonds. The number of aliphatic hydroxyl groups is 1. The number of hydrogen-bond donors (Lipinski definition) is 2. The van der Waals surface area contributed by atoms with Gasteiger partial charge in [0.2, 0.25) is 10.0 Å². The van der Waals surface area contributed by atoms with Gasteiger partial charge >= 0.3 is 0 Å². The van der Waals surface area contributed by atoms with Gasteiger partial charge in [0.15, 0.2) is 0 Å². The van der Waals surface area contributed by atoms with Crippen molar-refractivity contribution in [3.63, 3.8) is 0 Å². The van der Waals surface area contributed by atoms with Gasteiger partial charge in [-0.25, -0.2) is 18.1 Å². The molecule has 0 aliphatic rings. The van der Waals surface area contributed by atoms with Gasteiger partial charge in [0.25, 0.3) is 0 Å². The molecule has 0 radical (unpaired) electrons. The van der Waals surface area contributed by atoms with Crippen molar-refractivity contribution in [3.8, 4) is 0 Å². The van der Waals surface area contributed by atoms with E-state index in [4.69, 9.17) is 16.7 Å². The van der Waals surface area contributed by atoms with Crippen molar-refractivity contribution in [1.82, 2.24) is 9.71 Å². The fourth-order valence-electron chi connectivity index (χ4n) is 1.61. The van der Waals surface area contributed by atoms with Crippen LogP contribution < -0.4 is 4.72 Å². The molecule has 0 saturated carbocycles. The van der Waals surface area contributed by atoms with Crippen molar-refractivity contribution < 1.29 is 13.5 Å². The maximum absolute atomic E-state index is 12.2. The topological polar surface area (TPSA) is 79.3 Å². The Balaban J connectivity index is 2.83. The van der Waals surface area contributed by atoms with Crippen molar-refractivity contribution >= 4 is 37.6 Å². The summed E-state index contributed by atoms with van der Waals surface area (Å²) in [6.07, 6.45) is 2.79. The lowest BCUT2D eigenvalue weighted by molar-refractivity contribution is 0.242. The molecule has 0 aromatic carbocycles. The fraction of sp³-hybridized carbons (Fsp3) is 0.583. The SMILES string of the molecule is CC(C)(CCCO)CNS(=O)(=O)c1cc(Br)cnc1Cl. The highest BCUT2D eigenvalue weighted by Gasteiger charge is 2.24. The summed E-state index contributed by atoms with van der Waals surface area (Å²) in [6, 6.07) is 1.42. The molecule has 1 rings (SSSR count). The number of rotatable bonds is 7. The third-order valence-corrected chi connectivity index (χ3v) is 5.08. The molecule has 8 heteroatoms. The molecule has 0 spiro atoms. The van der Waals surface area contributed by atoms with Crippen LogP contribution in [-0.2, 0) is 10.0 Å². The van der Waals surface area contributed by atoms with Gasteiger partial charge in [-0.15, -0.1) is 0 Å². The summed E-state index contributed by atoms with van der Waals surface area (Å²) in [5, 5.41) is 8.77. The first kappa shape index (κ1) is 17.8. The molecule has 2 N–H and O–H groups in total. The molecule has 5 nitrogen and oxygen atoms in total. The highest BCUT2D eigenvalue weighted by molar-refractivity contribution is 9.10. The van der Waals surface area contributed by atoms with Crippen LogP contribution in [0.5, 0.6) is 0 Å². The Hall–Kier alpha value is -0.210. The molecule has 1 aromatic heterocycles. The average molecular weight is 386 g/mol. The zero-order chi connectivity index (χ0) is 15.4. The van der Waals surface area contributed by atoms with Gasteiger partial charge in [0.05, 0.1) is 0 Å². The zero-order valence-electron chi connectivity index (χ0n) is 11.4. The highest BCUT2D eigenvalue weighted by atomic mass is 79.9. The van der Waals surface area contributed by atoms with Crippen molar-refractivity contribution in [1.29, 1.82) is 0 Å². The molecule has 0 saturated heterocycles. The Morgan fingerprint density at radius 2 is 2.15 bits per heavy atom. The Labute approximate surface area is 132 Å². The minimum absolute atomic E-state index is 0.0495. The summed E-state index contributed by atoms with van der Waals surface area (Å²) < 4.78 is 27.5. The van der Waals surface area contributed by atoms with E-state index in [-0.39, 0.29) is 28.6 Å². The van der Waals surface area contributed by atoms with Gasteiger partial charge in [0.1, 0.15) is 10.0 Å². The van der Waals surface area contributed by atoms with Crippen molar-refractivity contribution in [3.05, 3.63) is 21.9 Å². The van der Waals surface area contributed by atoms with E-state index in [9.17, 15) is 8.42 Å². The molecule has 0 atom stereocenters. The lowest BCUT2D eigenvalue weighted by Gasteiger charge is -2.24. The minimum Gasteiger partial charge on any atom is -0.396 e. The van der Waals surface area contributed by atoms with E-state index in [1.165, 1.54) is 12.3 Å². The van der Waals surface area contributed by atoms with Crippen LogP contribution in [0.1, 0.15) is 26.7 Å². The van der Waals surface area contributed by atoms with Crippen LogP contribution in [0.3, 0.4) is 0 Å². The summed E-state index contributed by atoms with van der Waals surface area (Å²) in [6.45, 7) is 4.23. The average Bonchev–Trinajstić information content (AvgIpc) is 2.37. The molecule has 1 heterocycles. The number of aliphatic hydroxyl groups excluding tert-OH is 1. The second-order valence-electron chi connectivity index (χ2n) is 5.26. The minimum atomic E-state index is -3.71. The van der Waals surface area contributed by atoms with Crippen molar-refractivity contribution in [2.45, 2.75) is 31.6 Å². The standard InChI is InChI=1S/C12H18BrClN2O3S/c1-12(2,4-3-5-17)8-16-20(18,19)10-6-9(13)7-15-11(10)14/h6-7,16-17H,3-5,8H2,1-2H3. The number of aromatic nitrogens is 1. The van der Waals surface area contributed by atoms with Gasteiger partial charge in [-0.3, -0.25) is 0 Å². The van der Waals surface area contributed by atoms with Crippen LogP contribution in [0.4, 0.5) is 0 Å². The summed E-state index contributed by atoms with van der Waals surface area (Å²) in [7, 11) is -3.71. The van der Waals surface area contributed by atoms with Gasteiger partial charge < -0.3 is 5.11 Å². The molecule has 0 bridgehead atoms. The first-order chi connectivity index (χ1) is 9.18. The Morgan fingerprint density at radius 3 is 2.75 bits per heavy atom. The van der Waals surface area contributed by atoms with Crippen LogP contribution in [0, 0.1) is 5.41 Å². The first-order valence-corrected chi connectivity index (χ1v) is 8.75. The largest absolute Gasteiger partial charge is 0.396 e. The van der Waals surface area contributed by atoms with Crippen LogP contribution in [-0.4, -0.2) is 31.7 Å². The summed E-state index contributed by atoms with van der Waals surface area (Å²) >= 11 is 9.00. The molecule has 0 aliphatic heterocycles. The van der Waals surface area contributed by atoms with Gasteiger partial charge in [-0.1, -0.05) is 25.4 Å². The monoisotopic (exact) mass is 384 g/mol. The van der Waals surface area contributed by atoms with Gasteiger partial charge in [-0.05, 0) is 40.3 Å². The summed E-state index contributed by atoms with van der Waals surface area (Å²) in [5.41, 5.74) is -0.248. The molecule has 0 aliphatic carbocycles. The smallest absolute Gasteiger partial charge is 0.243 e. The number of halogens is 2. The Morgan fingerprint density at radius 1 is 1.50 bits per heavy atom. The molecule has 0 fully saturated rings. The molecular weight excluding hydrogens is 368 g/mol. The molecule has 20 heavy (non-hydrogen) atoms. The lowest BCUT2D eigenvalue weighted by Crippen LogP contribution is -2.34. The van der Waals surface area contributed by atoms with E-state index in [2.05, 4.69) is 25.6 Å². The van der Waals surface area contributed by atoms with E-state index in [0.29, 0.717) is 10.9 Å². The van der Waals surface area contributed by atoms with E-state index >= 15 is 0 Å². The predicted octanol–water partition coefficient (Wildman–Crippen LogP) is 2.57. The van der Waals surface area contributed by atoms with Crippen LogP contribution in [0.2, 0.25) is 5.15 Å². The maximum atomic E-state index is 12.2. The predicted molar refractivity (Wildman–Crippen MR) is 82.2 cm³/mol. The van der Waals surface area contributed by atoms with Crippen LogP contribution in [0.15, 0.2) is 21.6 Å². The van der Waals surface area contributed by atoms with E-state index < -0.39 is 10.0 Å². The second kappa shape index (κ2) is 7.17. The molecular formula is C12H18BrClN2O3S. The van der Waals surface area contributed by atoms with Gasteiger partial charge in [-0.2, -0.15) is 0 Å². The van der Waals surface area contributed by atoms with Crippen LogP contribution in [0.25, 0.3) is 0 Å². The van der Waals surface area contributed by atoms with E-state index in [1.807, 2.05) is 13.8 Å². The quantitative estimate of drug-likeness (QED) is 0.707. The third-order valence-electron chi connectivity index (χ3n) is 2.82. The van der Waals surface area contributed by atoms with Crippen LogP contribution >= 0.6 is 27.5 Å². The van der Waals surface area contributed by atoms with Crippen molar-refractivity contribution in [2.75, 3.05) is 13.2 Å². The first-order valence-electron chi connectivity index (χ1n) is 6.09. The number of pyridine rings is 1. The van der Waals surface area contributed by atoms with Gasteiger partial charge in [0, 0.05) is 23.8 Å². The number of sulfonamides is 1. The number of nitrogens with one attached hydrogen (secondary N) is 1. The molecule has 0 unspecified atom stereocenters. The Bertz CT molecular complexity index is 564. The van der Waals surface area contributed by atoms with Crippen molar-refractivity contribution in [2.24, 2.45) is 5.41 Å². The third kappa shape index (κ3) is 5.29. The lowest BCUT2D eigenvalue weighted by atomic mass is 9.88. The second-order valence-corrected chi connectivity index (χ2v) is 8.27. The Kier molecular flexibility index (Phi) is 6.40. The summed E-state index contributed by atoms with van der Waals surface area (Å²) in [4.78, 5) is 3.76. The normalized spacial score (nSPS) is 12.7. The maximum Gasteiger partial charge on any atom is 0.243 e. The van der Waals surface area contributed by atoms with E-state index in [0.717, 1.165) is 6.42 Å².